The van der Waals surface area contributed by atoms with Crippen LogP contribution in [0, 0.1) is 5.41 Å². The monoisotopic (exact) mass is 665 g/mol. The number of nitrogens with one attached hydrogen (secondary N) is 1. The summed E-state index contributed by atoms with van der Waals surface area (Å²) in [6, 6.07) is 46.1. The summed E-state index contributed by atoms with van der Waals surface area (Å²) >= 11 is 0. The van der Waals surface area contributed by atoms with Crippen molar-refractivity contribution in [1.82, 2.24) is 0 Å². The number of carbonyl (C=O) groups is 1. The summed E-state index contributed by atoms with van der Waals surface area (Å²) in [7, 11) is 3.24. The van der Waals surface area contributed by atoms with Gasteiger partial charge in [0.1, 0.15) is 17.1 Å². The van der Waals surface area contributed by atoms with Gasteiger partial charge in [0.15, 0.2) is 0 Å². The molecule has 0 radical (unpaired) electrons. The van der Waals surface area contributed by atoms with Crippen molar-refractivity contribution >= 4 is 33.7 Å². The van der Waals surface area contributed by atoms with Crippen LogP contribution >= 0.6 is 0 Å². The molecule has 6 rings (SSSR count). The maximum absolute atomic E-state index is 14.0. The lowest BCUT2D eigenvalue weighted by Crippen LogP contribution is -2.44. The fourth-order valence-corrected chi connectivity index (χ4v) is 5.86. The van der Waals surface area contributed by atoms with E-state index in [-0.39, 0.29) is 6.61 Å². The van der Waals surface area contributed by atoms with Gasteiger partial charge in [-0.2, -0.15) is 5.11 Å². The number of nitrogens with zero attached hydrogens (tertiary/aromatic N) is 2. The van der Waals surface area contributed by atoms with E-state index in [0.29, 0.717) is 22.9 Å². The third kappa shape index (κ3) is 7.12. The van der Waals surface area contributed by atoms with Crippen molar-refractivity contribution in [3.8, 4) is 11.5 Å². The van der Waals surface area contributed by atoms with Gasteiger partial charge in [-0.15, -0.1) is 5.11 Å². The van der Waals surface area contributed by atoms with E-state index in [1.165, 1.54) is 0 Å². The largest absolute Gasteiger partial charge is 0.497 e. The number of azo groups is 1. The molecule has 6 aromatic rings. The van der Waals surface area contributed by atoms with Crippen LogP contribution in [-0.2, 0) is 15.1 Å². The molecule has 0 aliphatic rings. The molecule has 1 atom stereocenters. The Labute approximate surface area is 292 Å². The number of carbonyl (C=O) groups excluding carboxylic acids is 1. The second-order valence-electron chi connectivity index (χ2n) is 12.2. The number of aliphatic hydroxyl groups is 1. The zero-order chi connectivity index (χ0) is 35.0. The van der Waals surface area contributed by atoms with Crippen LogP contribution in [0.2, 0.25) is 0 Å². The van der Waals surface area contributed by atoms with Crippen molar-refractivity contribution in [3.63, 3.8) is 0 Å². The highest BCUT2D eigenvalue weighted by Crippen LogP contribution is 2.43. The number of methoxy groups -OCH3 is 2. The van der Waals surface area contributed by atoms with Crippen LogP contribution in [0.1, 0.15) is 23.6 Å². The summed E-state index contributed by atoms with van der Waals surface area (Å²) < 4.78 is 17.9. The predicted molar refractivity (Wildman–Crippen MR) is 197 cm³/mol. The first kappa shape index (κ1) is 34.0. The molecule has 8 nitrogen and oxygen atoms in total. The van der Waals surface area contributed by atoms with Gasteiger partial charge in [-0.1, -0.05) is 97.1 Å². The minimum atomic E-state index is -1.33. The van der Waals surface area contributed by atoms with E-state index in [9.17, 15) is 9.90 Å². The van der Waals surface area contributed by atoms with Gasteiger partial charge in [-0.25, -0.2) is 0 Å². The third-order valence-corrected chi connectivity index (χ3v) is 8.82. The molecule has 252 valence electrons. The molecule has 0 bridgehead atoms. The fourth-order valence-electron chi connectivity index (χ4n) is 5.86. The first-order valence-corrected chi connectivity index (χ1v) is 16.3. The van der Waals surface area contributed by atoms with Gasteiger partial charge < -0.3 is 24.6 Å². The molecule has 6 aromatic carbocycles. The Balaban J connectivity index is 1.30. The molecule has 0 aliphatic heterocycles. The van der Waals surface area contributed by atoms with Crippen molar-refractivity contribution in [2.45, 2.75) is 12.5 Å². The molecule has 0 spiro atoms. The lowest BCUT2D eigenvalue weighted by Gasteiger charge is -2.39. The molecule has 0 heterocycles. The van der Waals surface area contributed by atoms with E-state index >= 15 is 0 Å². The van der Waals surface area contributed by atoms with Crippen molar-refractivity contribution in [2.24, 2.45) is 15.6 Å². The molecular weight excluding hydrogens is 626 g/mol. The number of ether oxygens (including phenoxy) is 3. The normalized spacial score (nSPS) is 12.8. The maximum atomic E-state index is 14.0. The van der Waals surface area contributed by atoms with Crippen LogP contribution in [-0.4, -0.2) is 38.4 Å². The second kappa shape index (κ2) is 15.2. The topological polar surface area (TPSA) is 102 Å². The van der Waals surface area contributed by atoms with Gasteiger partial charge in [0, 0.05) is 11.1 Å². The Morgan fingerprint density at radius 1 is 0.680 bits per heavy atom. The lowest BCUT2D eigenvalue weighted by atomic mass is 9.79. The molecular formula is C42H39N3O5. The van der Waals surface area contributed by atoms with E-state index in [1.54, 1.807) is 39.3 Å². The molecule has 2 N–H and O–H groups in total. The fraction of sp³-hybridized carbons (Fsp3) is 0.167. The summed E-state index contributed by atoms with van der Waals surface area (Å²) in [6.07, 6.45) is 0. The summed E-state index contributed by atoms with van der Waals surface area (Å²) in [6.45, 7) is 1.10. The number of anilines is 1. The number of rotatable bonds is 13. The molecule has 50 heavy (non-hydrogen) atoms. The smallest absolute Gasteiger partial charge is 0.234 e. The predicted octanol–water partition coefficient (Wildman–Crippen LogP) is 9.22. The van der Waals surface area contributed by atoms with E-state index < -0.39 is 23.5 Å². The van der Waals surface area contributed by atoms with E-state index in [0.717, 1.165) is 33.2 Å². The molecule has 1 unspecified atom stereocenters. The van der Waals surface area contributed by atoms with Gasteiger partial charge >= 0.3 is 0 Å². The minimum Gasteiger partial charge on any atom is -0.497 e. The van der Waals surface area contributed by atoms with Crippen molar-refractivity contribution in [3.05, 3.63) is 162 Å². The van der Waals surface area contributed by atoms with Crippen molar-refractivity contribution in [2.75, 3.05) is 32.8 Å². The number of fused-ring (bicyclic) bond motifs is 1. The molecule has 0 aromatic heterocycles. The average Bonchev–Trinajstić information content (AvgIpc) is 3.18. The Morgan fingerprint density at radius 3 is 1.90 bits per heavy atom. The highest BCUT2D eigenvalue weighted by Gasteiger charge is 2.42. The number of aliphatic hydroxyl groups excluding tert-OH is 1. The van der Waals surface area contributed by atoms with Gasteiger partial charge in [-0.3, -0.25) is 4.79 Å². The Kier molecular flexibility index (Phi) is 10.3. The molecule has 1 amide bonds. The molecule has 0 aliphatic carbocycles. The summed E-state index contributed by atoms with van der Waals surface area (Å²) in [5.41, 5.74) is 1.83. The number of hydrogen-bond donors (Lipinski definition) is 2. The minimum absolute atomic E-state index is 0.122. The SMILES string of the molecule is COc1ccc(C(OCC(C)(CO)C(=O)Nc2cccc(N=Nc3cccc4ccccc34)c2)(c2ccccc2)c2ccc(OC)cc2)cc1. The first-order chi connectivity index (χ1) is 24.4. The van der Waals surface area contributed by atoms with Gasteiger partial charge in [0.2, 0.25) is 5.91 Å². The summed E-state index contributed by atoms with van der Waals surface area (Å²) in [5.74, 6) is 0.988. The van der Waals surface area contributed by atoms with Crippen LogP contribution in [0.4, 0.5) is 17.1 Å². The summed E-state index contributed by atoms with van der Waals surface area (Å²) in [5, 5.41) is 24.7. The highest BCUT2D eigenvalue weighted by atomic mass is 16.5. The van der Waals surface area contributed by atoms with E-state index in [1.807, 2.05) is 127 Å². The Hall–Kier alpha value is -5.83. The van der Waals surface area contributed by atoms with Gasteiger partial charge in [0.05, 0.1) is 44.2 Å². The molecule has 0 saturated heterocycles. The zero-order valence-electron chi connectivity index (χ0n) is 28.2. The van der Waals surface area contributed by atoms with Crippen LogP contribution in [0.25, 0.3) is 10.8 Å². The number of amides is 1. The molecule has 8 heteroatoms. The highest BCUT2D eigenvalue weighted by molar-refractivity contribution is 5.95. The number of benzene rings is 6. The van der Waals surface area contributed by atoms with E-state index in [2.05, 4.69) is 15.5 Å². The van der Waals surface area contributed by atoms with Crippen molar-refractivity contribution < 1.29 is 24.1 Å². The lowest BCUT2D eigenvalue weighted by molar-refractivity contribution is -0.134. The van der Waals surface area contributed by atoms with Crippen molar-refractivity contribution in [1.29, 1.82) is 0 Å². The second-order valence-corrected chi connectivity index (χ2v) is 12.2. The molecule has 0 fully saturated rings. The Morgan fingerprint density at radius 2 is 1.26 bits per heavy atom. The third-order valence-electron chi connectivity index (χ3n) is 8.82. The molecule has 0 saturated carbocycles. The van der Waals surface area contributed by atoms with Gasteiger partial charge in [0.25, 0.3) is 0 Å². The Bertz CT molecular complexity index is 2030. The quantitative estimate of drug-likeness (QED) is 0.0946. The van der Waals surface area contributed by atoms with E-state index in [4.69, 9.17) is 14.2 Å². The van der Waals surface area contributed by atoms with Crippen LogP contribution < -0.4 is 14.8 Å². The maximum Gasteiger partial charge on any atom is 0.234 e. The first-order valence-electron chi connectivity index (χ1n) is 16.3. The zero-order valence-corrected chi connectivity index (χ0v) is 28.2. The number of hydrogen-bond acceptors (Lipinski definition) is 7. The standard InChI is InChI=1S/C42H39N3O5/c1-41(28-46,40(47)43-34-15-10-16-35(27-34)44-45-39-18-9-12-30-11-7-8-17-38(30)39)29-50-42(31-13-5-4-6-14-31,32-19-23-36(48-2)24-20-32)33-21-25-37(49-3)26-22-33/h4-27,46H,28-29H2,1-3H3,(H,43,47). The van der Waals surface area contributed by atoms with Gasteiger partial charge in [-0.05, 0) is 77.5 Å². The van der Waals surface area contributed by atoms with Crippen LogP contribution in [0.3, 0.4) is 0 Å². The average molecular weight is 666 g/mol. The summed E-state index contributed by atoms with van der Waals surface area (Å²) in [4.78, 5) is 14.0. The van der Waals surface area contributed by atoms with Crippen LogP contribution in [0.15, 0.2) is 156 Å². The van der Waals surface area contributed by atoms with Crippen LogP contribution in [0.5, 0.6) is 11.5 Å².